The first kappa shape index (κ1) is 117. The molecule has 0 radical (unpaired) electrons. The van der Waals surface area contributed by atoms with Gasteiger partial charge >= 0.3 is 42.7 Å². The van der Waals surface area contributed by atoms with Crippen molar-refractivity contribution in [3.63, 3.8) is 0 Å². The third-order valence-corrected chi connectivity index (χ3v) is 22.4. The molecule has 145 heavy (non-hydrogen) atoms. The largest absolute Gasteiger partial charge is 0.489 e. The second-order valence-electron chi connectivity index (χ2n) is 32.8. The van der Waals surface area contributed by atoms with Gasteiger partial charge in [-0.15, -0.1) is 0 Å². The normalized spacial score (nSPS) is 10.6. The van der Waals surface area contributed by atoms with Crippen molar-refractivity contribution in [1.29, 1.82) is 0 Å². The third-order valence-electron chi connectivity index (χ3n) is 21.4. The van der Waals surface area contributed by atoms with Crippen LogP contribution in [0, 0.1) is 88.9 Å². The van der Waals surface area contributed by atoms with Gasteiger partial charge < -0.3 is 56.8 Å². The molecular formula is C107H116BrClF6N6O24. The molecule has 30 nitrogen and oxygen atoms in total. The fraction of sp³-hybridized carbons (Fsp3) is 0.271. The van der Waals surface area contributed by atoms with Crippen molar-refractivity contribution in [1.82, 2.24) is 0 Å². The number of amides is 6. The van der Waals surface area contributed by atoms with Crippen molar-refractivity contribution in [2.45, 2.75) is 155 Å². The van der Waals surface area contributed by atoms with Gasteiger partial charge in [0.2, 0.25) is 0 Å². The molecule has 6 N–H and O–H groups in total. The number of halogens is 8. The topological polar surface area (TPSA) is 354 Å². The van der Waals surface area contributed by atoms with Crippen molar-refractivity contribution < 1.29 is 143 Å². The number of aryl methyl sites for hydroxylation is 12. The number of hydroxylamine groups is 6. The first-order valence-corrected chi connectivity index (χ1v) is 45.5. The average molecular weight is 2100 g/mol. The van der Waals surface area contributed by atoms with E-state index >= 15 is 0 Å². The molecule has 12 aromatic rings. The van der Waals surface area contributed by atoms with Crippen LogP contribution < -0.4 is 58.8 Å². The molecular weight excluding hydrogens is 1980 g/mol. The van der Waals surface area contributed by atoms with E-state index in [1.165, 1.54) is 45.1 Å². The summed E-state index contributed by atoms with van der Waals surface area (Å²) in [6, 6.07) is 60.9. The highest BCUT2D eigenvalue weighted by Crippen LogP contribution is 2.40. The summed E-state index contributed by atoms with van der Waals surface area (Å²) < 4.78 is 141. The molecule has 0 aliphatic carbocycles. The number of ether oxygens (including phenoxy) is 12. The van der Waals surface area contributed by atoms with Crippen LogP contribution in [0.5, 0.6) is 34.5 Å². The maximum atomic E-state index is 14.0. The number of carbonyl (C=O) groups excluding carboxylic acids is 6. The van der Waals surface area contributed by atoms with Crippen molar-refractivity contribution in [2.75, 3.05) is 73.0 Å². The van der Waals surface area contributed by atoms with E-state index in [2.05, 4.69) is 44.4 Å². The average Bonchev–Trinajstić information content (AvgIpc) is 0.793. The van der Waals surface area contributed by atoms with E-state index in [1.54, 1.807) is 54.6 Å². The molecule has 0 aliphatic heterocycles. The van der Waals surface area contributed by atoms with Gasteiger partial charge in [-0.2, -0.15) is 43.6 Å². The van der Waals surface area contributed by atoms with Crippen LogP contribution in [-0.4, -0.2) is 110 Å². The SMILES string of the molecule is COC(=O)N(O)c1c(Br)cccc1COc1ccc(C)cc1C.COC(=O)N(O)c1c(COc2ccc(C)cc2C)cccc1C(C)C.COC(=O)N(O)c1c(Cl)cccc1COc1ccc(C)cc1C.COC(=O)N(O)c1c(F)cccc1COc1ccc(C)cc1C.COC(=O)N(O)c1cc(C(F)(F)F)ccc1COc1ccc(C)cc1C.COC(=O)N(O)c1cc(C(F)F)ccc1COc1ccc(C)cc1C. The number of benzene rings is 12. The molecule has 12 aromatic carbocycles. The molecule has 0 aliphatic rings. The number of para-hydroxylation sites is 4. The van der Waals surface area contributed by atoms with E-state index < -0.39 is 60.5 Å². The highest BCUT2D eigenvalue weighted by molar-refractivity contribution is 9.10. The summed E-state index contributed by atoms with van der Waals surface area (Å²) in [7, 11) is 6.79. The first-order chi connectivity index (χ1) is 68.6. The molecule has 0 fully saturated rings. The molecule has 0 atom stereocenters. The Morgan fingerprint density at radius 3 is 0.917 bits per heavy atom. The van der Waals surface area contributed by atoms with Crippen molar-refractivity contribution in [3.05, 3.63) is 351 Å². The number of alkyl halides is 5. The number of hydrogen-bond acceptors (Lipinski definition) is 24. The van der Waals surface area contributed by atoms with Crippen LogP contribution in [0.25, 0.3) is 0 Å². The Morgan fingerprint density at radius 2 is 0.593 bits per heavy atom. The molecule has 774 valence electrons. The number of methoxy groups -OCH3 is 6. The maximum absolute atomic E-state index is 14.0. The van der Waals surface area contributed by atoms with Gasteiger partial charge in [-0.05, 0) is 217 Å². The first-order valence-electron chi connectivity index (χ1n) is 44.3. The number of nitrogens with zero attached hydrogens (tertiary/aromatic N) is 6. The number of hydrogen-bond donors (Lipinski definition) is 6. The van der Waals surface area contributed by atoms with Crippen LogP contribution in [-0.2, 0) is 74.2 Å². The molecule has 12 rings (SSSR count). The Morgan fingerprint density at radius 1 is 0.324 bits per heavy atom. The molecule has 0 unspecified atom stereocenters. The lowest BCUT2D eigenvalue weighted by Gasteiger charge is -2.23. The Labute approximate surface area is 849 Å². The molecule has 0 aromatic heterocycles. The third kappa shape index (κ3) is 33.6. The van der Waals surface area contributed by atoms with Crippen LogP contribution in [0.3, 0.4) is 0 Å². The van der Waals surface area contributed by atoms with Gasteiger partial charge in [0, 0.05) is 43.4 Å². The second kappa shape index (κ2) is 55.7. The summed E-state index contributed by atoms with van der Waals surface area (Å²) in [6.45, 7) is 27.8. The van der Waals surface area contributed by atoms with E-state index in [-0.39, 0.29) is 99.6 Å². The van der Waals surface area contributed by atoms with E-state index in [1.807, 2.05) is 212 Å². The quantitative estimate of drug-likeness (QED) is 0.0127. The van der Waals surface area contributed by atoms with Gasteiger partial charge in [0.05, 0.1) is 76.0 Å². The summed E-state index contributed by atoms with van der Waals surface area (Å²) >= 11 is 9.42. The predicted molar refractivity (Wildman–Crippen MR) is 537 cm³/mol. The van der Waals surface area contributed by atoms with E-state index in [4.69, 9.17) is 40.0 Å². The molecule has 6 amide bonds. The van der Waals surface area contributed by atoms with Gasteiger partial charge in [-0.25, -0.2) is 41.9 Å². The zero-order chi connectivity index (χ0) is 108. The Kier molecular flexibility index (Phi) is 45.0. The number of anilines is 6. The minimum absolute atomic E-state index is 0.00888. The smallest absolute Gasteiger partial charge is 0.438 e. The summed E-state index contributed by atoms with van der Waals surface area (Å²) in [5.74, 6) is 3.44. The standard InChI is InChI=1S/C20H25NO4.C18H18F3NO4.C18H19F2NO4.C17H18BrNO4.C17H18ClNO4.C17H18FNO4/c1-13(2)17-8-6-7-16(19(17)21(23)20(22)24-5)12-25-18-10-9-14(3)11-15(18)4;1-11-4-7-16(12(2)8-11)26-10-13-5-6-14(18(19,20)21)9-15(13)22(24)17(23)25-3;1-11-4-7-16(12(2)8-11)25-10-14-6-5-13(17(19)20)9-15(14)21(23)18(22)24-3;3*1-11-7-8-15(12(2)9-11)23-10-13-5-4-6-14(18)16(13)19(21)17(20)22-3/h6-11,13,23H,12H2,1-5H3;4-9,24H,10H2,1-3H3;4-9,17,23H,10H2,1-3H3;3*4-9,21H,10H2,1-3H3. The maximum Gasteiger partial charge on any atom is 0.438 e. The molecule has 38 heteroatoms. The minimum Gasteiger partial charge on any atom is -0.489 e. The monoisotopic (exact) mass is 2100 g/mol. The lowest BCUT2D eigenvalue weighted by Crippen LogP contribution is -2.29. The van der Waals surface area contributed by atoms with Gasteiger partial charge in [0.1, 0.15) is 91.3 Å². The fourth-order valence-corrected chi connectivity index (χ4v) is 14.9. The van der Waals surface area contributed by atoms with Gasteiger partial charge in [-0.3, -0.25) is 31.2 Å². The Balaban J connectivity index is 0.000000236. The highest BCUT2D eigenvalue weighted by Gasteiger charge is 2.34. The fourth-order valence-electron chi connectivity index (χ4n) is 14.1. The summed E-state index contributed by atoms with van der Waals surface area (Å²) in [6.07, 6.45) is -13.4. The van der Waals surface area contributed by atoms with Gasteiger partial charge in [-0.1, -0.05) is 204 Å². The Hall–Kier alpha value is -14.8. The van der Waals surface area contributed by atoms with Crippen molar-refractivity contribution in [3.8, 4) is 34.5 Å². The lowest BCUT2D eigenvalue weighted by atomic mass is 9.97. The van der Waals surface area contributed by atoms with Crippen LogP contribution >= 0.6 is 27.5 Å². The van der Waals surface area contributed by atoms with E-state index in [9.17, 15) is 86.4 Å². The summed E-state index contributed by atoms with van der Waals surface area (Å²) in [4.78, 5) is 69.4. The summed E-state index contributed by atoms with van der Waals surface area (Å²) in [5, 5.41) is 61.8. The van der Waals surface area contributed by atoms with Crippen LogP contribution in [0.4, 0.5) is 89.2 Å². The zero-order valence-corrected chi connectivity index (χ0v) is 85.8. The predicted octanol–water partition coefficient (Wildman–Crippen LogP) is 27.7. The second-order valence-corrected chi connectivity index (χ2v) is 34.1. The van der Waals surface area contributed by atoms with E-state index in [0.29, 0.717) is 82.2 Å². The highest BCUT2D eigenvalue weighted by atomic mass is 79.9. The number of carbonyl (C=O) groups is 6. The summed E-state index contributed by atoms with van der Waals surface area (Å²) in [5.41, 5.74) is 14.8. The Bertz CT molecular complexity index is 6170. The molecule has 0 spiro atoms. The molecule has 0 heterocycles. The minimum atomic E-state index is -4.63. The number of rotatable bonds is 26. The van der Waals surface area contributed by atoms with Crippen LogP contribution in [0.15, 0.2) is 223 Å². The van der Waals surface area contributed by atoms with Crippen LogP contribution in [0.2, 0.25) is 5.02 Å². The molecule has 0 saturated heterocycles. The van der Waals surface area contributed by atoms with Crippen molar-refractivity contribution in [2.24, 2.45) is 0 Å². The molecule has 0 saturated carbocycles. The van der Waals surface area contributed by atoms with Gasteiger partial charge in [0.25, 0.3) is 6.43 Å². The van der Waals surface area contributed by atoms with Gasteiger partial charge in [0.15, 0.2) is 0 Å². The lowest BCUT2D eigenvalue weighted by molar-refractivity contribution is -0.137. The van der Waals surface area contributed by atoms with Crippen molar-refractivity contribution >= 4 is 98.2 Å². The molecule has 0 bridgehead atoms. The van der Waals surface area contributed by atoms with Crippen LogP contribution in [0.1, 0.15) is 143 Å². The van der Waals surface area contributed by atoms with E-state index in [0.717, 1.165) is 130 Å². The zero-order valence-electron chi connectivity index (χ0n) is 83.4.